The van der Waals surface area contributed by atoms with E-state index < -0.39 is 21.2 Å². The van der Waals surface area contributed by atoms with Gasteiger partial charge in [-0.2, -0.15) is 0 Å². The van der Waals surface area contributed by atoms with Gasteiger partial charge in [0, 0.05) is 4.94 Å². The number of benzene rings is 3. The molecular weight excluding hydrogens is 525 g/mol. The molecule has 0 bridgehead atoms. The smallest absolute Gasteiger partial charge is 0.299 e. The van der Waals surface area contributed by atoms with Gasteiger partial charge in [-0.05, 0) is 23.8 Å². The van der Waals surface area contributed by atoms with Crippen LogP contribution in [0.25, 0.3) is 6.08 Å². The normalized spacial score (nSPS) is 14.2. The van der Waals surface area contributed by atoms with Crippen LogP contribution in [0.1, 0.15) is 5.56 Å². The Labute approximate surface area is 209 Å². The van der Waals surface area contributed by atoms with Gasteiger partial charge in [0.15, 0.2) is 11.5 Å². The molecule has 3 aromatic carbocycles. The minimum absolute atomic E-state index is 0.0904. The largest absolute Gasteiger partial charge is 0.503 e. The van der Waals surface area contributed by atoms with Crippen molar-refractivity contribution in [1.29, 1.82) is 0 Å². The van der Waals surface area contributed by atoms with Gasteiger partial charge in [0.2, 0.25) is 0 Å². The Morgan fingerprint density at radius 3 is 1.88 bits per heavy atom. The van der Waals surface area contributed by atoms with E-state index in [1.54, 1.807) is 24.3 Å². The first-order valence-electron chi connectivity index (χ1n) is 9.64. The van der Waals surface area contributed by atoms with Gasteiger partial charge in [0.1, 0.15) is 10.0 Å². The molecule has 168 valence electrons. The Morgan fingerprint density at radius 2 is 1.34 bits per heavy atom. The van der Waals surface area contributed by atoms with Crippen LogP contribution in [0.2, 0.25) is 39.7 Å². The lowest BCUT2D eigenvalue weighted by molar-refractivity contribution is 0.434. The van der Waals surface area contributed by atoms with Gasteiger partial charge in [0.05, 0.1) is 23.4 Å². The van der Waals surface area contributed by atoms with Crippen molar-refractivity contribution in [1.82, 2.24) is 0 Å². The quantitative estimate of drug-likeness (QED) is 0.145. The zero-order chi connectivity index (χ0) is 23.7. The summed E-state index contributed by atoms with van der Waals surface area (Å²) in [5.74, 6) is -0.785. The van der Waals surface area contributed by atoms with Crippen LogP contribution >= 0.6 is 53.8 Å². The Bertz CT molecular complexity index is 1180. The van der Waals surface area contributed by atoms with Gasteiger partial charge < -0.3 is 9.63 Å². The number of phenols is 1. The third kappa shape index (κ3) is 5.07. The topological polar surface area (TPSA) is 46.5 Å². The van der Waals surface area contributed by atoms with Gasteiger partial charge >= 0.3 is 0 Å². The summed E-state index contributed by atoms with van der Waals surface area (Å²) in [7, 11) is -6.04. The van der Waals surface area contributed by atoms with Crippen molar-refractivity contribution < 1.29 is 14.2 Å². The van der Waals surface area contributed by atoms with Crippen LogP contribution in [0.3, 0.4) is 0 Å². The van der Waals surface area contributed by atoms with E-state index in [1.165, 1.54) is 0 Å². The second kappa shape index (κ2) is 9.85. The highest BCUT2D eigenvalue weighted by Crippen LogP contribution is 2.61. The molecule has 3 aromatic rings. The first-order valence-corrected chi connectivity index (χ1v) is 16.3. The lowest BCUT2D eigenvalue weighted by Crippen LogP contribution is -2.28. The van der Waals surface area contributed by atoms with E-state index in [0.717, 1.165) is 5.56 Å². The van der Waals surface area contributed by atoms with Crippen LogP contribution in [-0.4, -0.2) is 13.2 Å². The molecule has 0 radical (unpaired) electrons. The van der Waals surface area contributed by atoms with E-state index in [-0.39, 0.29) is 25.8 Å². The monoisotopic (exact) mass is 544 g/mol. The summed E-state index contributed by atoms with van der Waals surface area (Å²) in [5.41, 5.74) is 0.882. The van der Waals surface area contributed by atoms with Crippen molar-refractivity contribution in [3.8, 4) is 11.5 Å². The maximum absolute atomic E-state index is 14.8. The van der Waals surface area contributed by atoms with Gasteiger partial charge in [-0.25, -0.2) is 0 Å². The Balaban J connectivity index is 2.32. The summed E-state index contributed by atoms with van der Waals surface area (Å²) >= 11 is 24.7. The minimum atomic E-state index is -3.78. The second-order valence-electron chi connectivity index (χ2n) is 8.10. The summed E-state index contributed by atoms with van der Waals surface area (Å²) in [6.45, 7) is 6.22. The third-order valence-corrected chi connectivity index (χ3v) is 13.2. The first-order chi connectivity index (χ1) is 15.0. The molecule has 0 unspecified atom stereocenters. The van der Waals surface area contributed by atoms with Gasteiger partial charge in [-0.15, -0.1) is 0 Å². The summed E-state index contributed by atoms with van der Waals surface area (Å²) in [6.07, 6.45) is 1.89. The molecule has 0 fully saturated rings. The van der Waals surface area contributed by atoms with Gasteiger partial charge in [0.25, 0.3) is 7.37 Å². The predicted octanol–water partition coefficient (Wildman–Crippen LogP) is 8.91. The molecular formula is C23H21Cl4O3PSi. The van der Waals surface area contributed by atoms with Crippen LogP contribution < -0.4 is 9.83 Å². The molecule has 0 aromatic heterocycles. The highest BCUT2D eigenvalue weighted by Gasteiger charge is 2.41. The summed E-state index contributed by atoms with van der Waals surface area (Å²) in [6, 6.07) is 18.4. The maximum Gasteiger partial charge on any atom is 0.299 e. The minimum Gasteiger partial charge on any atom is -0.503 e. The van der Waals surface area contributed by atoms with Crippen molar-refractivity contribution >= 4 is 73.2 Å². The zero-order valence-corrected chi connectivity index (χ0v) is 22.5. The van der Waals surface area contributed by atoms with Gasteiger partial charge in [-0.3, -0.25) is 4.57 Å². The van der Waals surface area contributed by atoms with E-state index in [0.29, 0.717) is 10.2 Å². The highest BCUT2D eigenvalue weighted by molar-refractivity contribution is 7.75. The Hall–Kier alpha value is -1.39. The highest BCUT2D eigenvalue weighted by atomic mass is 35.5. The average molecular weight is 546 g/mol. The van der Waals surface area contributed by atoms with Crippen LogP contribution in [0.4, 0.5) is 0 Å². The lowest BCUT2D eigenvalue weighted by Gasteiger charge is -2.30. The standard InChI is InChI=1S/C23H21Cl4O3PSi/c1-32(2,3)17(14-15-10-6-4-7-11-15)31(29,16-12-8-5-9-13-16)30-23-21(27)19(25)18(24)20(26)22(23)28/h4-14,28H,1-3H3/b17-14-/t31-/m1/s1. The fourth-order valence-electron chi connectivity index (χ4n) is 3.13. The van der Waals surface area contributed by atoms with Crippen LogP contribution in [0.5, 0.6) is 11.5 Å². The fraction of sp³-hybridized carbons (Fsp3) is 0.130. The van der Waals surface area contributed by atoms with Crippen LogP contribution in [0, 0.1) is 0 Å². The van der Waals surface area contributed by atoms with Crippen LogP contribution in [-0.2, 0) is 4.57 Å². The molecule has 9 heteroatoms. The molecule has 0 aliphatic rings. The number of aromatic hydroxyl groups is 1. The van der Waals surface area contributed by atoms with Crippen molar-refractivity contribution in [3.63, 3.8) is 0 Å². The molecule has 0 aliphatic heterocycles. The van der Waals surface area contributed by atoms with E-state index in [9.17, 15) is 9.67 Å². The van der Waals surface area contributed by atoms with Crippen molar-refractivity contribution in [2.45, 2.75) is 19.6 Å². The lowest BCUT2D eigenvalue weighted by atomic mass is 10.2. The average Bonchev–Trinajstić information content (AvgIpc) is 2.78. The molecule has 0 aliphatic carbocycles. The molecule has 0 saturated heterocycles. The molecule has 0 spiro atoms. The van der Waals surface area contributed by atoms with E-state index in [4.69, 9.17) is 50.9 Å². The fourth-order valence-corrected chi connectivity index (χ4v) is 10.5. The molecule has 0 heterocycles. The summed E-state index contributed by atoms with van der Waals surface area (Å²) in [5, 5.41) is 10.5. The second-order valence-corrected chi connectivity index (χ2v) is 17.4. The van der Waals surface area contributed by atoms with E-state index >= 15 is 0 Å². The van der Waals surface area contributed by atoms with Crippen molar-refractivity contribution in [3.05, 3.63) is 91.3 Å². The number of hydrogen-bond donors (Lipinski definition) is 1. The summed E-state index contributed by atoms with van der Waals surface area (Å²) in [4.78, 5) is 0.653. The zero-order valence-electron chi connectivity index (χ0n) is 17.6. The number of halogens is 4. The molecule has 1 N–H and O–H groups in total. The van der Waals surface area contributed by atoms with Crippen molar-refractivity contribution in [2.24, 2.45) is 0 Å². The summed E-state index contributed by atoms with van der Waals surface area (Å²) < 4.78 is 20.9. The third-order valence-electron chi connectivity index (χ3n) is 4.70. The number of phenolic OH excluding ortho intramolecular Hbond substituents is 1. The van der Waals surface area contributed by atoms with Crippen LogP contribution in [0.15, 0.2) is 65.6 Å². The predicted molar refractivity (Wildman–Crippen MR) is 140 cm³/mol. The molecule has 0 amide bonds. The van der Waals surface area contributed by atoms with E-state index in [2.05, 4.69) is 19.6 Å². The molecule has 3 rings (SSSR count). The molecule has 1 atom stereocenters. The number of rotatable bonds is 6. The Morgan fingerprint density at radius 1 is 0.844 bits per heavy atom. The molecule has 32 heavy (non-hydrogen) atoms. The maximum atomic E-state index is 14.8. The van der Waals surface area contributed by atoms with E-state index in [1.807, 2.05) is 42.5 Å². The SMILES string of the molecule is C[Si](C)(C)/C(=C\c1ccccc1)[P@](=O)(Oc1c(O)c(Cl)c(Cl)c(Cl)c1Cl)c1ccccc1. The van der Waals surface area contributed by atoms with Gasteiger partial charge in [-0.1, -0.05) is 115 Å². The van der Waals surface area contributed by atoms with Crippen molar-refractivity contribution in [2.75, 3.05) is 0 Å². The molecule has 0 saturated carbocycles. The number of hydrogen-bond acceptors (Lipinski definition) is 3. The molecule has 3 nitrogen and oxygen atoms in total. The first kappa shape index (κ1) is 25.2. The Kier molecular flexibility index (Phi) is 7.76.